The zero-order valence-corrected chi connectivity index (χ0v) is 11.1. The minimum Gasteiger partial charge on any atom is -0.478 e. The fraction of sp³-hybridized carbons (Fsp3) is 0.462. The highest BCUT2D eigenvalue weighted by molar-refractivity contribution is 5.94. The lowest BCUT2D eigenvalue weighted by atomic mass is 10.1. The number of carboxylic acid groups (broad SMARTS) is 1. The second-order valence-electron chi connectivity index (χ2n) is 4.31. The lowest BCUT2D eigenvalue weighted by Gasteiger charge is -2.12. The molecule has 1 rings (SSSR count). The minimum atomic E-state index is -1.16. The zero-order valence-electron chi connectivity index (χ0n) is 11.1. The van der Waals surface area contributed by atoms with E-state index >= 15 is 0 Å². The topological polar surface area (TPSA) is 61.8 Å². The molecule has 19 heavy (non-hydrogen) atoms. The van der Waals surface area contributed by atoms with Crippen molar-refractivity contribution in [2.75, 3.05) is 45.7 Å². The normalized spacial score (nSPS) is 10.7. The molecular weight excluding hydrogens is 251 g/mol. The van der Waals surface area contributed by atoms with E-state index in [9.17, 15) is 9.18 Å². The van der Waals surface area contributed by atoms with E-state index in [2.05, 4.69) is 5.32 Å². The molecule has 0 aliphatic rings. The van der Waals surface area contributed by atoms with Gasteiger partial charge in [-0.15, -0.1) is 0 Å². The average Bonchev–Trinajstić information content (AvgIpc) is 2.34. The van der Waals surface area contributed by atoms with Gasteiger partial charge in [0.2, 0.25) is 0 Å². The van der Waals surface area contributed by atoms with Crippen molar-refractivity contribution in [3.63, 3.8) is 0 Å². The number of rotatable bonds is 8. The molecule has 0 bridgehead atoms. The van der Waals surface area contributed by atoms with Crippen molar-refractivity contribution >= 4 is 11.7 Å². The van der Waals surface area contributed by atoms with Crippen molar-refractivity contribution in [3.05, 3.63) is 29.6 Å². The van der Waals surface area contributed by atoms with E-state index in [0.717, 1.165) is 6.54 Å². The van der Waals surface area contributed by atoms with Crippen LogP contribution in [0.5, 0.6) is 0 Å². The maximum atomic E-state index is 13.5. The highest BCUT2D eigenvalue weighted by atomic mass is 19.1. The molecule has 1 aromatic carbocycles. The molecule has 0 amide bonds. The monoisotopic (exact) mass is 270 g/mol. The summed E-state index contributed by atoms with van der Waals surface area (Å²) < 4.78 is 18.9. The quantitative estimate of drug-likeness (QED) is 0.701. The number of benzene rings is 1. The standard InChI is InChI=1S/C13H19FN2O3/c1-16(2)7-9-19-8-6-15-12-10(13(17)18)4-3-5-11(12)14/h3-5,15H,6-9H2,1-2H3,(H,17,18). The number of hydrogen-bond acceptors (Lipinski definition) is 4. The Bertz CT molecular complexity index is 424. The van der Waals surface area contributed by atoms with E-state index in [1.54, 1.807) is 0 Å². The summed E-state index contributed by atoms with van der Waals surface area (Å²) >= 11 is 0. The summed E-state index contributed by atoms with van der Waals surface area (Å²) in [6, 6.07) is 3.96. The van der Waals surface area contributed by atoms with Gasteiger partial charge in [0.25, 0.3) is 0 Å². The molecule has 0 aromatic heterocycles. The van der Waals surface area contributed by atoms with Crippen LogP contribution in [0.4, 0.5) is 10.1 Å². The summed E-state index contributed by atoms with van der Waals surface area (Å²) in [7, 11) is 3.89. The number of nitrogens with one attached hydrogen (secondary N) is 1. The number of hydrogen-bond donors (Lipinski definition) is 2. The average molecular weight is 270 g/mol. The Labute approximate surface area is 112 Å². The van der Waals surface area contributed by atoms with E-state index in [4.69, 9.17) is 9.84 Å². The first-order valence-corrected chi connectivity index (χ1v) is 6.00. The number of aromatic carboxylic acids is 1. The molecule has 106 valence electrons. The highest BCUT2D eigenvalue weighted by Crippen LogP contribution is 2.19. The Hall–Kier alpha value is -1.66. The fourth-order valence-corrected chi connectivity index (χ4v) is 1.48. The van der Waals surface area contributed by atoms with Crippen LogP contribution in [0.3, 0.4) is 0 Å². The number of carbonyl (C=O) groups is 1. The number of likely N-dealkylation sites (N-methyl/N-ethyl adjacent to an activating group) is 1. The van der Waals surface area contributed by atoms with Crippen LogP contribution in [0.1, 0.15) is 10.4 Å². The van der Waals surface area contributed by atoms with Gasteiger partial charge in [-0.25, -0.2) is 9.18 Å². The third-order valence-corrected chi connectivity index (χ3v) is 2.48. The van der Waals surface area contributed by atoms with E-state index in [0.29, 0.717) is 19.8 Å². The van der Waals surface area contributed by atoms with E-state index in [-0.39, 0.29) is 11.3 Å². The zero-order chi connectivity index (χ0) is 14.3. The number of anilines is 1. The number of nitrogens with zero attached hydrogens (tertiary/aromatic N) is 1. The maximum Gasteiger partial charge on any atom is 0.337 e. The number of para-hydroxylation sites is 1. The molecule has 0 spiro atoms. The van der Waals surface area contributed by atoms with Crippen LogP contribution >= 0.6 is 0 Å². The highest BCUT2D eigenvalue weighted by Gasteiger charge is 2.13. The molecule has 1 aromatic rings. The second-order valence-corrected chi connectivity index (χ2v) is 4.31. The first-order valence-electron chi connectivity index (χ1n) is 6.00. The molecule has 0 fully saturated rings. The first kappa shape index (κ1) is 15.4. The van der Waals surface area contributed by atoms with Crippen molar-refractivity contribution in [2.45, 2.75) is 0 Å². The van der Waals surface area contributed by atoms with E-state index in [1.165, 1.54) is 18.2 Å². The third-order valence-electron chi connectivity index (χ3n) is 2.48. The van der Waals surface area contributed by atoms with Crippen LogP contribution < -0.4 is 5.32 Å². The molecule has 0 saturated carbocycles. The Morgan fingerprint density at radius 3 is 2.79 bits per heavy atom. The van der Waals surface area contributed by atoms with Gasteiger partial charge in [-0.1, -0.05) is 6.07 Å². The predicted molar refractivity (Wildman–Crippen MR) is 71.2 cm³/mol. The minimum absolute atomic E-state index is 0.00575. The van der Waals surface area contributed by atoms with Crippen LogP contribution in [0.15, 0.2) is 18.2 Å². The van der Waals surface area contributed by atoms with Gasteiger partial charge in [0.05, 0.1) is 24.5 Å². The molecule has 0 aliphatic heterocycles. The van der Waals surface area contributed by atoms with Gasteiger partial charge in [-0.3, -0.25) is 0 Å². The van der Waals surface area contributed by atoms with Crippen molar-refractivity contribution in [1.82, 2.24) is 4.90 Å². The first-order chi connectivity index (χ1) is 9.02. The molecule has 0 unspecified atom stereocenters. The van der Waals surface area contributed by atoms with Crippen molar-refractivity contribution in [1.29, 1.82) is 0 Å². The summed E-state index contributed by atoms with van der Waals surface area (Å²) in [5, 5.41) is 11.7. The molecule has 0 radical (unpaired) electrons. The van der Waals surface area contributed by atoms with Gasteiger partial charge < -0.3 is 20.1 Å². The van der Waals surface area contributed by atoms with E-state index in [1.807, 2.05) is 19.0 Å². The molecule has 0 atom stereocenters. The Morgan fingerprint density at radius 1 is 1.42 bits per heavy atom. The van der Waals surface area contributed by atoms with Gasteiger partial charge in [0, 0.05) is 13.1 Å². The summed E-state index contributed by atoms with van der Waals surface area (Å²) in [4.78, 5) is 12.9. The summed E-state index contributed by atoms with van der Waals surface area (Å²) in [6.45, 7) is 2.13. The number of carboxylic acids is 1. The van der Waals surface area contributed by atoms with Crippen LogP contribution in [-0.2, 0) is 4.74 Å². The summed E-state index contributed by atoms with van der Waals surface area (Å²) in [5.41, 5.74) is -0.0699. The predicted octanol–water partition coefficient (Wildman–Crippen LogP) is 1.51. The Kier molecular flexibility index (Phi) is 6.24. The summed E-state index contributed by atoms with van der Waals surface area (Å²) in [6.07, 6.45) is 0. The van der Waals surface area contributed by atoms with Gasteiger partial charge in [-0.2, -0.15) is 0 Å². The largest absolute Gasteiger partial charge is 0.478 e. The van der Waals surface area contributed by atoms with Gasteiger partial charge >= 0.3 is 5.97 Å². The number of ether oxygens (including phenoxy) is 1. The number of halogens is 1. The van der Waals surface area contributed by atoms with Gasteiger partial charge in [0.1, 0.15) is 5.82 Å². The van der Waals surface area contributed by atoms with Crippen molar-refractivity contribution in [2.24, 2.45) is 0 Å². The second kappa shape index (κ2) is 7.70. The van der Waals surface area contributed by atoms with Crippen LogP contribution in [0.25, 0.3) is 0 Å². The molecule has 5 nitrogen and oxygen atoms in total. The fourth-order valence-electron chi connectivity index (χ4n) is 1.48. The van der Waals surface area contributed by atoms with Gasteiger partial charge in [-0.05, 0) is 26.2 Å². The Morgan fingerprint density at radius 2 is 2.16 bits per heavy atom. The summed E-state index contributed by atoms with van der Waals surface area (Å²) in [5.74, 6) is -1.73. The third kappa shape index (κ3) is 5.23. The van der Waals surface area contributed by atoms with Crippen LogP contribution in [0, 0.1) is 5.82 Å². The van der Waals surface area contributed by atoms with Crippen molar-refractivity contribution < 1.29 is 19.0 Å². The lowest BCUT2D eigenvalue weighted by Crippen LogP contribution is -2.20. The van der Waals surface area contributed by atoms with E-state index < -0.39 is 11.8 Å². The van der Waals surface area contributed by atoms with Crippen LogP contribution in [-0.4, -0.2) is 56.4 Å². The van der Waals surface area contributed by atoms with Crippen molar-refractivity contribution in [3.8, 4) is 0 Å². The molecule has 2 N–H and O–H groups in total. The molecule has 0 aliphatic carbocycles. The maximum absolute atomic E-state index is 13.5. The van der Waals surface area contributed by atoms with Gasteiger partial charge in [0.15, 0.2) is 0 Å². The SMILES string of the molecule is CN(C)CCOCCNc1c(F)cccc1C(=O)O. The molecule has 0 heterocycles. The van der Waals surface area contributed by atoms with Crippen LogP contribution in [0.2, 0.25) is 0 Å². The molecular formula is C13H19FN2O3. The lowest BCUT2D eigenvalue weighted by molar-refractivity contribution is 0.0697. The molecule has 6 heteroatoms. The molecule has 0 saturated heterocycles. The smallest absolute Gasteiger partial charge is 0.337 e. The Balaban J connectivity index is 2.43.